The van der Waals surface area contributed by atoms with Crippen LogP contribution in [0.25, 0.3) is 0 Å². The van der Waals surface area contributed by atoms with Crippen LogP contribution in [0, 0.1) is 5.92 Å². The Kier molecular flexibility index (Phi) is 6.54. The van der Waals surface area contributed by atoms with E-state index < -0.39 is 10.0 Å². The van der Waals surface area contributed by atoms with Gasteiger partial charge in [-0.25, -0.2) is 22.9 Å². The van der Waals surface area contributed by atoms with Crippen LogP contribution in [0.2, 0.25) is 0 Å². The molecule has 2 N–H and O–H groups in total. The number of nitrogens with one attached hydrogen (secondary N) is 2. The molecule has 0 aromatic carbocycles. The lowest BCUT2D eigenvalue weighted by molar-refractivity contribution is 0.165. The monoisotopic (exact) mass is 395 g/mol. The van der Waals surface area contributed by atoms with Crippen molar-refractivity contribution in [2.45, 2.75) is 31.7 Å². The standard InChI is InChI=1S/C18H29N5O3S/c1-19-27(25,26)14-15-5-4-10-23(13-15)18(24)21-16-7-11-22(12-8-16)17-6-2-3-9-20-17/h2-3,6,9,15-16,19H,4-5,7-8,10-14H2,1H3,(H,21,24). The summed E-state index contributed by atoms with van der Waals surface area (Å²) in [6, 6.07) is 5.98. The lowest BCUT2D eigenvalue weighted by atomic mass is 10.0. The van der Waals surface area contributed by atoms with Crippen LogP contribution in [0.1, 0.15) is 25.7 Å². The summed E-state index contributed by atoms with van der Waals surface area (Å²) in [4.78, 5) is 21.0. The van der Waals surface area contributed by atoms with Crippen LogP contribution in [0.3, 0.4) is 0 Å². The number of rotatable bonds is 5. The zero-order chi connectivity index (χ0) is 19.3. The second-order valence-corrected chi connectivity index (χ2v) is 9.31. The van der Waals surface area contributed by atoms with Gasteiger partial charge in [-0.1, -0.05) is 6.07 Å². The fourth-order valence-electron chi connectivity index (χ4n) is 3.84. The maximum atomic E-state index is 12.6. The summed E-state index contributed by atoms with van der Waals surface area (Å²) >= 11 is 0. The molecule has 8 nitrogen and oxygen atoms in total. The highest BCUT2D eigenvalue weighted by Gasteiger charge is 2.29. The number of nitrogens with zero attached hydrogens (tertiary/aromatic N) is 3. The summed E-state index contributed by atoms with van der Waals surface area (Å²) < 4.78 is 25.9. The van der Waals surface area contributed by atoms with E-state index in [0.29, 0.717) is 13.1 Å². The molecule has 1 atom stereocenters. The van der Waals surface area contributed by atoms with Crippen molar-refractivity contribution in [1.82, 2.24) is 19.9 Å². The molecule has 150 valence electrons. The second-order valence-electron chi connectivity index (χ2n) is 7.34. The minimum absolute atomic E-state index is 0.00653. The van der Waals surface area contributed by atoms with Crippen LogP contribution in [0.4, 0.5) is 10.6 Å². The number of hydrogen-bond donors (Lipinski definition) is 2. The first-order valence-corrected chi connectivity index (χ1v) is 11.2. The molecule has 1 aromatic heterocycles. The van der Waals surface area contributed by atoms with Gasteiger partial charge in [0.25, 0.3) is 0 Å². The Balaban J connectivity index is 1.46. The summed E-state index contributed by atoms with van der Waals surface area (Å²) in [7, 11) is -1.82. The molecule has 2 saturated heterocycles. The number of urea groups is 1. The van der Waals surface area contributed by atoms with E-state index in [4.69, 9.17) is 0 Å². The normalized spacial score (nSPS) is 21.9. The predicted molar refractivity (Wildman–Crippen MR) is 105 cm³/mol. The van der Waals surface area contributed by atoms with E-state index in [9.17, 15) is 13.2 Å². The molecule has 3 rings (SSSR count). The quantitative estimate of drug-likeness (QED) is 0.776. The highest BCUT2D eigenvalue weighted by atomic mass is 32.2. The third-order valence-electron chi connectivity index (χ3n) is 5.37. The van der Waals surface area contributed by atoms with Gasteiger partial charge in [0.15, 0.2) is 0 Å². The Hall–Kier alpha value is -1.87. The molecule has 2 amide bonds. The second kappa shape index (κ2) is 8.88. The number of carbonyl (C=O) groups excluding carboxylic acids is 1. The van der Waals surface area contributed by atoms with E-state index in [1.54, 1.807) is 11.1 Å². The summed E-state index contributed by atoms with van der Waals surface area (Å²) in [5, 5.41) is 3.13. The van der Waals surface area contributed by atoms with Crippen molar-refractivity contribution in [3.63, 3.8) is 0 Å². The molecule has 9 heteroatoms. The number of aromatic nitrogens is 1. The molecule has 0 radical (unpaired) electrons. The Morgan fingerprint density at radius 2 is 2.00 bits per heavy atom. The van der Waals surface area contributed by atoms with Crippen molar-refractivity contribution in [3.05, 3.63) is 24.4 Å². The number of hydrogen-bond acceptors (Lipinski definition) is 5. The number of piperidine rings is 2. The summed E-state index contributed by atoms with van der Waals surface area (Å²) in [5.41, 5.74) is 0. The molecule has 2 aliphatic heterocycles. The largest absolute Gasteiger partial charge is 0.356 e. The molecule has 0 aliphatic carbocycles. The molecule has 2 fully saturated rings. The zero-order valence-electron chi connectivity index (χ0n) is 15.8. The molecule has 0 saturated carbocycles. The van der Waals surface area contributed by atoms with Gasteiger partial charge in [-0.05, 0) is 50.8 Å². The molecule has 2 aliphatic rings. The minimum atomic E-state index is -3.25. The number of likely N-dealkylation sites (tertiary alicyclic amines) is 1. The highest BCUT2D eigenvalue weighted by Crippen LogP contribution is 2.20. The van der Waals surface area contributed by atoms with Crippen LogP contribution >= 0.6 is 0 Å². The molecule has 27 heavy (non-hydrogen) atoms. The predicted octanol–water partition coefficient (Wildman–Crippen LogP) is 1.02. The average Bonchev–Trinajstić information content (AvgIpc) is 2.69. The van der Waals surface area contributed by atoms with Gasteiger partial charge in [-0.3, -0.25) is 0 Å². The number of amides is 2. The third-order valence-corrected chi connectivity index (χ3v) is 6.90. The van der Waals surface area contributed by atoms with Crippen molar-refractivity contribution in [1.29, 1.82) is 0 Å². The maximum absolute atomic E-state index is 12.6. The van der Waals surface area contributed by atoms with E-state index in [2.05, 4.69) is 19.9 Å². The van der Waals surface area contributed by atoms with E-state index in [1.165, 1.54) is 7.05 Å². The Morgan fingerprint density at radius 3 is 2.67 bits per heavy atom. The van der Waals surface area contributed by atoms with Crippen molar-refractivity contribution in [2.24, 2.45) is 5.92 Å². The fraction of sp³-hybridized carbons (Fsp3) is 0.667. The number of pyridine rings is 1. The topological polar surface area (TPSA) is 94.6 Å². The summed E-state index contributed by atoms with van der Waals surface area (Å²) in [6.45, 7) is 2.92. The maximum Gasteiger partial charge on any atom is 0.317 e. The first kappa shape index (κ1) is 19.9. The minimum Gasteiger partial charge on any atom is -0.356 e. The molecular weight excluding hydrogens is 366 g/mol. The first-order chi connectivity index (χ1) is 13.0. The van der Waals surface area contributed by atoms with Crippen molar-refractivity contribution >= 4 is 21.9 Å². The van der Waals surface area contributed by atoms with E-state index >= 15 is 0 Å². The van der Waals surface area contributed by atoms with Gasteiger partial charge in [0, 0.05) is 38.4 Å². The summed E-state index contributed by atoms with van der Waals surface area (Å²) in [5.74, 6) is 1.05. The van der Waals surface area contributed by atoms with E-state index in [-0.39, 0.29) is 23.7 Å². The number of anilines is 1. The molecule has 0 bridgehead atoms. The average molecular weight is 396 g/mol. The van der Waals surface area contributed by atoms with E-state index in [0.717, 1.165) is 44.6 Å². The van der Waals surface area contributed by atoms with Gasteiger partial charge >= 0.3 is 6.03 Å². The van der Waals surface area contributed by atoms with Gasteiger partial charge in [-0.15, -0.1) is 0 Å². The van der Waals surface area contributed by atoms with Gasteiger partial charge in [0.1, 0.15) is 5.82 Å². The Morgan fingerprint density at radius 1 is 1.22 bits per heavy atom. The lowest BCUT2D eigenvalue weighted by Gasteiger charge is -2.36. The third kappa shape index (κ3) is 5.55. The van der Waals surface area contributed by atoms with Crippen LogP contribution in [0.15, 0.2) is 24.4 Å². The number of sulfonamides is 1. The van der Waals surface area contributed by atoms with Gasteiger partial charge < -0.3 is 15.1 Å². The van der Waals surface area contributed by atoms with Gasteiger partial charge in [-0.2, -0.15) is 0 Å². The van der Waals surface area contributed by atoms with Crippen LogP contribution < -0.4 is 14.9 Å². The SMILES string of the molecule is CNS(=O)(=O)CC1CCCN(C(=O)NC2CCN(c3ccccn3)CC2)C1. The lowest BCUT2D eigenvalue weighted by Crippen LogP contribution is -2.52. The Labute approximate surface area is 161 Å². The Bertz CT molecular complexity index is 720. The molecule has 1 unspecified atom stereocenters. The van der Waals surface area contributed by atoms with Crippen molar-refractivity contribution < 1.29 is 13.2 Å². The van der Waals surface area contributed by atoms with Crippen molar-refractivity contribution in [2.75, 3.05) is 43.9 Å². The molecular formula is C18H29N5O3S. The first-order valence-electron chi connectivity index (χ1n) is 9.59. The van der Waals surface area contributed by atoms with Gasteiger partial charge in [0.2, 0.25) is 10.0 Å². The van der Waals surface area contributed by atoms with Crippen molar-refractivity contribution in [3.8, 4) is 0 Å². The molecule has 3 heterocycles. The summed E-state index contributed by atoms with van der Waals surface area (Å²) in [6.07, 6.45) is 5.24. The van der Waals surface area contributed by atoms with Gasteiger partial charge in [0.05, 0.1) is 5.75 Å². The smallest absolute Gasteiger partial charge is 0.317 e. The molecule has 1 aromatic rings. The van der Waals surface area contributed by atoms with Crippen LogP contribution in [-0.2, 0) is 10.0 Å². The fourth-order valence-corrected chi connectivity index (χ4v) is 4.90. The van der Waals surface area contributed by atoms with Crippen LogP contribution in [-0.4, -0.2) is 69.4 Å². The van der Waals surface area contributed by atoms with Crippen LogP contribution in [0.5, 0.6) is 0 Å². The highest BCUT2D eigenvalue weighted by molar-refractivity contribution is 7.89. The number of carbonyl (C=O) groups is 1. The molecule has 0 spiro atoms. The van der Waals surface area contributed by atoms with E-state index in [1.807, 2.05) is 18.2 Å². The zero-order valence-corrected chi connectivity index (χ0v) is 16.6.